The molecule has 58 heavy (non-hydrogen) atoms. The predicted molar refractivity (Wildman–Crippen MR) is 239 cm³/mol. The Labute approximate surface area is 352 Å². The summed E-state index contributed by atoms with van der Waals surface area (Å²) in [7, 11) is -4.40. The third-order valence-electron chi connectivity index (χ3n) is 8.92. The molecule has 0 amide bonds. The fraction of sp³-hybridized carbons (Fsp3) is 0.660. The minimum atomic E-state index is -4.40. The summed E-state index contributed by atoms with van der Waals surface area (Å²) in [4.78, 5) is 34.9. The molecule has 0 aliphatic heterocycles. The second-order valence-electron chi connectivity index (χ2n) is 14.4. The molecule has 0 spiro atoms. The Balaban J connectivity index is 4.26. The number of nitrogens with two attached hydrogens (primary N) is 1. The predicted octanol–water partition coefficient (Wildman–Crippen LogP) is 11.8. The van der Waals surface area contributed by atoms with Crippen molar-refractivity contribution in [2.45, 2.75) is 174 Å². The van der Waals surface area contributed by atoms with Gasteiger partial charge in [-0.2, -0.15) is 0 Å². The van der Waals surface area contributed by atoms with E-state index in [9.17, 15) is 24.2 Å². The first-order valence-electron chi connectivity index (χ1n) is 22.2. The summed E-state index contributed by atoms with van der Waals surface area (Å²) >= 11 is 0. The number of aliphatic hydroxyl groups is 1. The van der Waals surface area contributed by atoms with E-state index in [0.717, 1.165) is 51.4 Å². The van der Waals surface area contributed by atoms with Crippen molar-refractivity contribution in [2.24, 2.45) is 5.73 Å². The largest absolute Gasteiger partial charge is 0.472 e. The lowest BCUT2D eigenvalue weighted by atomic mass is 10.1. The summed E-state index contributed by atoms with van der Waals surface area (Å²) in [6, 6.07) is 0. The van der Waals surface area contributed by atoms with E-state index in [0.29, 0.717) is 25.7 Å². The summed E-state index contributed by atoms with van der Waals surface area (Å²) in [5.41, 5.74) is 5.34. The molecule has 0 heterocycles. The molecule has 10 nitrogen and oxygen atoms in total. The first kappa shape index (κ1) is 55.2. The lowest BCUT2D eigenvalue weighted by Crippen LogP contribution is -2.29. The van der Waals surface area contributed by atoms with Crippen molar-refractivity contribution in [3.63, 3.8) is 0 Å². The minimum Gasteiger partial charge on any atom is -0.462 e. The number of aliphatic hydroxyl groups excluding tert-OH is 1. The van der Waals surface area contributed by atoms with E-state index in [1.165, 1.54) is 57.8 Å². The summed E-state index contributed by atoms with van der Waals surface area (Å²) in [5.74, 6) is -0.928. The Morgan fingerprint density at radius 3 is 1.67 bits per heavy atom. The molecule has 0 aliphatic rings. The summed E-state index contributed by atoms with van der Waals surface area (Å²) < 4.78 is 32.7. The Morgan fingerprint density at radius 1 is 0.603 bits per heavy atom. The third-order valence-corrected chi connectivity index (χ3v) is 9.91. The number of allylic oxidation sites excluding steroid dienone is 13. The molecule has 0 rings (SSSR count). The number of carbonyl (C=O) groups is 2. The maximum absolute atomic E-state index is 12.6. The molecule has 0 bridgehead atoms. The maximum Gasteiger partial charge on any atom is 0.472 e. The lowest BCUT2D eigenvalue weighted by Gasteiger charge is -2.19. The summed E-state index contributed by atoms with van der Waals surface area (Å²) in [6.07, 6.45) is 49.9. The van der Waals surface area contributed by atoms with Crippen molar-refractivity contribution in [2.75, 3.05) is 26.4 Å². The van der Waals surface area contributed by atoms with Crippen molar-refractivity contribution in [3.8, 4) is 0 Å². The number of carbonyl (C=O) groups excluding carboxylic acids is 2. The van der Waals surface area contributed by atoms with Crippen LogP contribution in [0.4, 0.5) is 0 Å². The van der Waals surface area contributed by atoms with Crippen LogP contribution in [0, 0.1) is 0 Å². The van der Waals surface area contributed by atoms with Gasteiger partial charge < -0.3 is 25.2 Å². The maximum atomic E-state index is 12.6. The number of unbranched alkanes of at least 4 members (excludes halogenated alkanes) is 13. The molecule has 11 heteroatoms. The van der Waals surface area contributed by atoms with Gasteiger partial charge in [-0.05, 0) is 77.0 Å². The number of esters is 2. The Morgan fingerprint density at radius 2 is 1.10 bits per heavy atom. The van der Waals surface area contributed by atoms with Gasteiger partial charge in [0.2, 0.25) is 0 Å². The van der Waals surface area contributed by atoms with E-state index in [-0.39, 0.29) is 38.7 Å². The van der Waals surface area contributed by atoms with Gasteiger partial charge in [0.25, 0.3) is 0 Å². The van der Waals surface area contributed by atoms with Gasteiger partial charge in [0.15, 0.2) is 6.10 Å². The van der Waals surface area contributed by atoms with Crippen molar-refractivity contribution >= 4 is 19.8 Å². The van der Waals surface area contributed by atoms with Crippen LogP contribution in [0.25, 0.3) is 0 Å². The number of hydrogen-bond acceptors (Lipinski definition) is 9. The molecule has 0 fully saturated rings. The fourth-order valence-corrected chi connectivity index (χ4v) is 6.24. The molecule has 0 saturated heterocycles. The first-order valence-corrected chi connectivity index (χ1v) is 23.7. The molecule has 0 aliphatic carbocycles. The molecule has 0 aromatic rings. The van der Waals surface area contributed by atoms with Crippen LogP contribution in [0.2, 0.25) is 0 Å². The highest BCUT2D eigenvalue weighted by Crippen LogP contribution is 2.43. The lowest BCUT2D eigenvalue weighted by molar-refractivity contribution is -0.161. The molecule has 0 saturated carbocycles. The van der Waals surface area contributed by atoms with Crippen LogP contribution in [0.3, 0.4) is 0 Å². The summed E-state index contributed by atoms with van der Waals surface area (Å²) in [5, 5.41) is 9.47. The number of hydrogen-bond donors (Lipinski definition) is 3. The molecule has 3 atom stereocenters. The van der Waals surface area contributed by atoms with Crippen LogP contribution in [-0.2, 0) is 32.7 Å². The molecular weight excluding hydrogens is 753 g/mol. The number of phosphoric acid groups is 1. The van der Waals surface area contributed by atoms with Gasteiger partial charge in [0, 0.05) is 19.4 Å². The average Bonchev–Trinajstić information content (AvgIpc) is 3.21. The van der Waals surface area contributed by atoms with Gasteiger partial charge in [-0.15, -0.1) is 0 Å². The van der Waals surface area contributed by atoms with Crippen LogP contribution in [0.15, 0.2) is 85.1 Å². The van der Waals surface area contributed by atoms with E-state index >= 15 is 0 Å². The van der Waals surface area contributed by atoms with Crippen LogP contribution in [0.5, 0.6) is 0 Å². The third kappa shape index (κ3) is 41.3. The number of ether oxygens (including phenoxy) is 2. The quantitative estimate of drug-likeness (QED) is 0.0179. The van der Waals surface area contributed by atoms with Crippen molar-refractivity contribution in [1.82, 2.24) is 0 Å². The van der Waals surface area contributed by atoms with Gasteiger partial charge in [-0.1, -0.05) is 157 Å². The van der Waals surface area contributed by atoms with Crippen LogP contribution in [-0.4, -0.2) is 60.5 Å². The summed E-state index contributed by atoms with van der Waals surface area (Å²) in [6.45, 7) is 3.28. The second-order valence-corrected chi connectivity index (χ2v) is 15.8. The molecular formula is C47H80NO9P. The van der Waals surface area contributed by atoms with Crippen LogP contribution >= 0.6 is 7.82 Å². The van der Waals surface area contributed by atoms with E-state index in [4.69, 9.17) is 24.3 Å². The first-order chi connectivity index (χ1) is 28.2. The normalized spacial score (nSPS) is 14.6. The van der Waals surface area contributed by atoms with Crippen molar-refractivity contribution in [1.29, 1.82) is 0 Å². The SMILES string of the molecule is CCCCC/C=C\C/C=C\CCCCCCCCCCCC(=O)O[C@H](COC(=O)CCC/C=C\C/C=C\C/C=C\C/C=C\C=C\[C@@H](O)CC)COP(=O)(O)OCCN. The van der Waals surface area contributed by atoms with Crippen molar-refractivity contribution < 1.29 is 42.7 Å². The van der Waals surface area contributed by atoms with Gasteiger partial charge in [0.1, 0.15) is 6.61 Å². The topological polar surface area (TPSA) is 155 Å². The zero-order valence-electron chi connectivity index (χ0n) is 36.1. The monoisotopic (exact) mass is 834 g/mol. The fourth-order valence-electron chi connectivity index (χ4n) is 5.47. The highest BCUT2D eigenvalue weighted by molar-refractivity contribution is 7.47. The molecule has 332 valence electrons. The molecule has 0 aromatic heterocycles. The van der Waals surface area contributed by atoms with E-state index in [2.05, 4.69) is 61.6 Å². The minimum absolute atomic E-state index is 0.0352. The molecule has 0 aromatic carbocycles. The highest BCUT2D eigenvalue weighted by Gasteiger charge is 2.26. The Bertz CT molecular complexity index is 1240. The van der Waals surface area contributed by atoms with Gasteiger partial charge >= 0.3 is 19.8 Å². The zero-order valence-corrected chi connectivity index (χ0v) is 37.0. The average molecular weight is 834 g/mol. The molecule has 1 unspecified atom stereocenters. The van der Waals surface area contributed by atoms with Crippen molar-refractivity contribution in [3.05, 3.63) is 85.1 Å². The second kappa shape index (κ2) is 42.3. The standard InChI is InChI=1S/C47H80NO9P/c1-3-5-6-7-8-9-10-11-12-13-14-15-16-21-24-27-30-33-36-39-47(51)57-45(43-56-58(52,53)55-41-40-48)42-54-46(50)38-35-32-29-26-23-20-18-17-19-22-25-28-31-34-37-44(49)4-2/h8-9,11-12,18-20,22,26,28-29,31,34,37,44-45,49H,3-7,10,13-17,21,23-25,27,30,32-33,35-36,38-43,48H2,1-2H3,(H,52,53)/b9-8-,12-11-,20-18-,22-19-,29-26-,31-28-,37-34+/t44-,45+/m0/s1. The smallest absolute Gasteiger partial charge is 0.462 e. The molecule has 0 radical (unpaired) electrons. The molecule has 4 N–H and O–H groups in total. The van der Waals surface area contributed by atoms with Gasteiger partial charge in [-0.25, -0.2) is 4.57 Å². The van der Waals surface area contributed by atoms with Crippen LogP contribution in [0.1, 0.15) is 162 Å². The number of rotatable bonds is 40. The van der Waals surface area contributed by atoms with E-state index in [1.54, 1.807) is 6.08 Å². The van der Waals surface area contributed by atoms with Crippen LogP contribution < -0.4 is 5.73 Å². The Hall–Kier alpha value is -2.85. The number of phosphoric ester groups is 1. The van der Waals surface area contributed by atoms with Gasteiger partial charge in [-0.3, -0.25) is 18.6 Å². The highest BCUT2D eigenvalue weighted by atomic mass is 31.2. The van der Waals surface area contributed by atoms with E-state index < -0.39 is 32.5 Å². The van der Waals surface area contributed by atoms with E-state index in [1.807, 2.05) is 31.2 Å². The zero-order chi connectivity index (χ0) is 42.6. The van der Waals surface area contributed by atoms with Gasteiger partial charge in [0.05, 0.1) is 19.3 Å². The Kier molecular flexibility index (Phi) is 40.2.